The first-order valence-electron chi connectivity index (χ1n) is 10.6. The number of hydrogen-bond acceptors (Lipinski definition) is 6. The molecule has 0 atom stereocenters. The first-order chi connectivity index (χ1) is 16.4. The summed E-state index contributed by atoms with van der Waals surface area (Å²) in [6, 6.07) is 8.78. The van der Waals surface area contributed by atoms with Gasteiger partial charge in [0.15, 0.2) is 5.65 Å². The molecule has 0 radical (unpaired) electrons. The van der Waals surface area contributed by atoms with Crippen LogP contribution in [0.25, 0.3) is 33.7 Å². The van der Waals surface area contributed by atoms with E-state index >= 15 is 0 Å². The van der Waals surface area contributed by atoms with Gasteiger partial charge in [0.25, 0.3) is 0 Å². The Kier molecular flexibility index (Phi) is 4.94. The molecule has 5 aromatic rings. The van der Waals surface area contributed by atoms with Crippen molar-refractivity contribution < 1.29 is 4.79 Å². The van der Waals surface area contributed by atoms with Gasteiger partial charge in [0, 0.05) is 36.8 Å². The van der Waals surface area contributed by atoms with Gasteiger partial charge in [-0.3, -0.25) is 9.48 Å². The fourth-order valence-electron chi connectivity index (χ4n) is 3.96. The summed E-state index contributed by atoms with van der Waals surface area (Å²) in [7, 11) is 1.86. The molecule has 5 rings (SSSR count). The SMILES string of the molecule is CC(C)c1nn(-c2ccc(C(N)=O)cc2C#N)c2nccc(-n3cnc(-c4cnn(C)c4)c3)c12. The molecular formula is C24H21N9O. The molecule has 1 amide bonds. The number of hydrogen-bond donors (Lipinski definition) is 1. The number of pyridine rings is 1. The Labute approximate surface area is 194 Å². The molecule has 0 bridgehead atoms. The van der Waals surface area contributed by atoms with E-state index < -0.39 is 5.91 Å². The molecular weight excluding hydrogens is 430 g/mol. The Morgan fingerprint density at radius 2 is 1.97 bits per heavy atom. The van der Waals surface area contributed by atoms with Crippen molar-refractivity contribution in [2.24, 2.45) is 12.8 Å². The Bertz CT molecular complexity index is 1600. The van der Waals surface area contributed by atoms with E-state index in [0.717, 1.165) is 28.0 Å². The number of primary amides is 1. The number of nitrogens with zero attached hydrogens (tertiary/aromatic N) is 8. The highest BCUT2D eigenvalue weighted by molar-refractivity contribution is 5.94. The van der Waals surface area contributed by atoms with E-state index in [1.807, 2.05) is 30.1 Å². The summed E-state index contributed by atoms with van der Waals surface area (Å²) < 4.78 is 5.32. The lowest BCUT2D eigenvalue weighted by molar-refractivity contribution is 0.1000. The van der Waals surface area contributed by atoms with Crippen LogP contribution in [0.1, 0.15) is 41.4 Å². The highest BCUT2D eigenvalue weighted by Gasteiger charge is 2.22. The summed E-state index contributed by atoms with van der Waals surface area (Å²) in [5.41, 5.74) is 10.5. The predicted molar refractivity (Wildman–Crippen MR) is 126 cm³/mol. The van der Waals surface area contributed by atoms with Gasteiger partial charge in [-0.1, -0.05) is 13.8 Å². The zero-order chi connectivity index (χ0) is 24.0. The van der Waals surface area contributed by atoms with Crippen LogP contribution in [0.3, 0.4) is 0 Å². The Hall–Kier alpha value is -4.78. The van der Waals surface area contributed by atoms with Crippen LogP contribution in [-0.2, 0) is 7.05 Å². The number of benzene rings is 1. The predicted octanol–water partition coefficient (Wildman–Crippen LogP) is 3.10. The molecule has 0 aliphatic heterocycles. The minimum Gasteiger partial charge on any atom is -0.366 e. The first kappa shape index (κ1) is 21.1. The number of rotatable bonds is 5. The molecule has 4 heterocycles. The van der Waals surface area contributed by atoms with Gasteiger partial charge < -0.3 is 10.3 Å². The van der Waals surface area contributed by atoms with Crippen molar-refractivity contribution in [3.05, 3.63) is 72.2 Å². The van der Waals surface area contributed by atoms with Crippen LogP contribution in [0.15, 0.2) is 55.4 Å². The Balaban J connectivity index is 1.72. The van der Waals surface area contributed by atoms with Crippen LogP contribution in [-0.4, -0.2) is 40.0 Å². The van der Waals surface area contributed by atoms with E-state index in [1.165, 1.54) is 6.07 Å². The lowest BCUT2D eigenvalue weighted by atomic mass is 10.1. The van der Waals surface area contributed by atoms with E-state index in [0.29, 0.717) is 11.3 Å². The van der Waals surface area contributed by atoms with Crippen molar-refractivity contribution in [3.8, 4) is 28.7 Å². The van der Waals surface area contributed by atoms with Crippen molar-refractivity contribution in [1.82, 2.24) is 34.1 Å². The van der Waals surface area contributed by atoms with Gasteiger partial charge in [-0.15, -0.1) is 0 Å². The van der Waals surface area contributed by atoms with Crippen molar-refractivity contribution in [2.75, 3.05) is 0 Å². The van der Waals surface area contributed by atoms with Crippen LogP contribution in [0.2, 0.25) is 0 Å². The van der Waals surface area contributed by atoms with Crippen molar-refractivity contribution in [1.29, 1.82) is 5.26 Å². The molecule has 0 fully saturated rings. The van der Waals surface area contributed by atoms with Gasteiger partial charge in [0.2, 0.25) is 5.91 Å². The molecule has 0 saturated heterocycles. The quantitative estimate of drug-likeness (QED) is 0.436. The molecule has 34 heavy (non-hydrogen) atoms. The van der Waals surface area contributed by atoms with Crippen LogP contribution in [0.5, 0.6) is 0 Å². The number of nitrogens with two attached hydrogens (primary N) is 1. The summed E-state index contributed by atoms with van der Waals surface area (Å²) in [5, 5.41) is 19.7. The molecule has 10 heteroatoms. The van der Waals surface area contributed by atoms with E-state index in [1.54, 1.807) is 40.2 Å². The number of carbonyl (C=O) groups excluding carboxylic acids is 1. The molecule has 2 N–H and O–H groups in total. The van der Waals surface area contributed by atoms with Crippen molar-refractivity contribution >= 4 is 16.9 Å². The maximum Gasteiger partial charge on any atom is 0.248 e. The van der Waals surface area contributed by atoms with Gasteiger partial charge in [-0.05, 0) is 30.2 Å². The number of nitriles is 1. The lowest BCUT2D eigenvalue weighted by Crippen LogP contribution is -2.12. The van der Waals surface area contributed by atoms with Gasteiger partial charge in [0.1, 0.15) is 6.07 Å². The number of aryl methyl sites for hydroxylation is 1. The molecule has 168 valence electrons. The third-order valence-corrected chi connectivity index (χ3v) is 5.61. The molecule has 0 unspecified atom stereocenters. The third kappa shape index (κ3) is 3.40. The minimum atomic E-state index is -0.596. The van der Waals surface area contributed by atoms with Crippen molar-refractivity contribution in [3.63, 3.8) is 0 Å². The number of imidazole rings is 1. The topological polar surface area (TPSA) is 133 Å². The summed E-state index contributed by atoms with van der Waals surface area (Å²) in [4.78, 5) is 20.7. The maximum atomic E-state index is 11.6. The summed E-state index contributed by atoms with van der Waals surface area (Å²) >= 11 is 0. The van der Waals surface area contributed by atoms with Gasteiger partial charge >= 0.3 is 0 Å². The zero-order valence-corrected chi connectivity index (χ0v) is 18.8. The average Bonchev–Trinajstić information content (AvgIpc) is 3.56. The van der Waals surface area contributed by atoms with Gasteiger partial charge in [-0.2, -0.15) is 15.5 Å². The smallest absolute Gasteiger partial charge is 0.248 e. The average molecular weight is 451 g/mol. The third-order valence-electron chi connectivity index (χ3n) is 5.61. The summed E-state index contributed by atoms with van der Waals surface area (Å²) in [5.74, 6) is -0.510. The molecule has 4 aromatic heterocycles. The highest BCUT2D eigenvalue weighted by Crippen LogP contribution is 2.32. The maximum absolute atomic E-state index is 11.6. The van der Waals surface area contributed by atoms with Crippen LogP contribution in [0.4, 0.5) is 0 Å². The molecule has 1 aromatic carbocycles. The van der Waals surface area contributed by atoms with E-state index in [2.05, 4.69) is 35.0 Å². The second kappa shape index (κ2) is 7.97. The van der Waals surface area contributed by atoms with Crippen LogP contribution in [0, 0.1) is 11.3 Å². The first-order valence-corrected chi connectivity index (χ1v) is 10.6. The number of aromatic nitrogens is 7. The molecule has 0 aliphatic rings. The zero-order valence-electron chi connectivity index (χ0n) is 18.8. The number of carbonyl (C=O) groups is 1. The standard InChI is InChI=1S/C24H21N9O/c1-14(2)22-21-20(32-12-18(28-13-32)17-10-29-31(3)11-17)6-7-27-24(21)33(30-22)19-5-4-15(23(26)34)8-16(19)9-25/h4-8,10-14H,1-3H3,(H2,26,34). The molecule has 0 saturated carbocycles. The van der Waals surface area contributed by atoms with E-state index in [-0.39, 0.29) is 17.0 Å². The fourth-order valence-corrected chi connectivity index (χ4v) is 3.96. The number of amides is 1. The van der Waals surface area contributed by atoms with Gasteiger partial charge in [0.05, 0.1) is 46.2 Å². The normalized spacial score (nSPS) is 11.3. The Morgan fingerprint density at radius 1 is 1.15 bits per heavy atom. The van der Waals surface area contributed by atoms with Crippen molar-refractivity contribution in [2.45, 2.75) is 19.8 Å². The fraction of sp³-hybridized carbons (Fsp3) is 0.167. The van der Waals surface area contributed by atoms with E-state index in [4.69, 9.17) is 10.8 Å². The molecule has 0 aliphatic carbocycles. The largest absolute Gasteiger partial charge is 0.366 e. The second-order valence-corrected chi connectivity index (χ2v) is 8.26. The summed E-state index contributed by atoms with van der Waals surface area (Å²) in [6.45, 7) is 4.11. The second-order valence-electron chi connectivity index (χ2n) is 8.26. The lowest BCUT2D eigenvalue weighted by Gasteiger charge is -2.08. The Morgan fingerprint density at radius 3 is 2.65 bits per heavy atom. The molecule has 0 spiro atoms. The van der Waals surface area contributed by atoms with E-state index in [9.17, 15) is 10.1 Å². The highest BCUT2D eigenvalue weighted by atomic mass is 16.1. The minimum absolute atomic E-state index is 0.0865. The van der Waals surface area contributed by atoms with Crippen LogP contribution >= 0.6 is 0 Å². The van der Waals surface area contributed by atoms with Gasteiger partial charge in [-0.25, -0.2) is 14.6 Å². The molecule has 10 nitrogen and oxygen atoms in total. The van der Waals surface area contributed by atoms with Crippen LogP contribution < -0.4 is 5.73 Å². The summed E-state index contributed by atoms with van der Waals surface area (Å²) in [6.07, 6.45) is 9.07. The monoisotopic (exact) mass is 451 g/mol. The number of fused-ring (bicyclic) bond motifs is 1.